The maximum Gasteiger partial charge on any atom is 0.229 e. The molecule has 1 fully saturated rings. The maximum absolute atomic E-state index is 12.9. The van der Waals surface area contributed by atoms with Crippen molar-refractivity contribution >= 4 is 34.1 Å². The molecule has 0 aliphatic carbocycles. The molecular formula is C22H23N3O5. The number of rotatable bonds is 6. The minimum Gasteiger partial charge on any atom is -0.493 e. The van der Waals surface area contributed by atoms with E-state index in [1.165, 1.54) is 21.3 Å². The van der Waals surface area contributed by atoms with Crippen LogP contribution < -0.4 is 24.4 Å². The van der Waals surface area contributed by atoms with Gasteiger partial charge < -0.3 is 29.4 Å². The molecule has 8 nitrogen and oxygen atoms in total. The lowest BCUT2D eigenvalue weighted by Gasteiger charge is -2.20. The molecule has 1 aromatic heterocycles. The Morgan fingerprint density at radius 2 is 1.83 bits per heavy atom. The topological polar surface area (TPSA) is 92.9 Å². The molecule has 1 atom stereocenters. The number of nitrogens with zero attached hydrogens (tertiary/aromatic N) is 1. The molecule has 1 aliphatic rings. The Labute approximate surface area is 173 Å². The van der Waals surface area contributed by atoms with Gasteiger partial charge in [0.05, 0.1) is 38.6 Å². The first-order valence-electron chi connectivity index (χ1n) is 9.53. The van der Waals surface area contributed by atoms with Crippen molar-refractivity contribution in [3.05, 3.63) is 42.6 Å². The number of benzene rings is 2. The van der Waals surface area contributed by atoms with Gasteiger partial charge in [0.2, 0.25) is 17.6 Å². The molecule has 2 amide bonds. The van der Waals surface area contributed by atoms with E-state index in [-0.39, 0.29) is 24.8 Å². The molecule has 30 heavy (non-hydrogen) atoms. The zero-order valence-electron chi connectivity index (χ0n) is 17.0. The molecule has 8 heteroatoms. The van der Waals surface area contributed by atoms with Gasteiger partial charge in [0.1, 0.15) is 0 Å². The summed E-state index contributed by atoms with van der Waals surface area (Å²) >= 11 is 0. The lowest BCUT2D eigenvalue weighted by atomic mass is 10.1. The number of carbonyl (C=O) groups excluding carboxylic acids is 2. The molecular weight excluding hydrogens is 386 g/mol. The number of hydrogen-bond acceptors (Lipinski definition) is 5. The van der Waals surface area contributed by atoms with Crippen molar-refractivity contribution in [1.29, 1.82) is 0 Å². The average Bonchev–Trinajstić information content (AvgIpc) is 3.39. The lowest BCUT2D eigenvalue weighted by molar-refractivity contribution is -0.122. The van der Waals surface area contributed by atoms with Crippen LogP contribution in [0.1, 0.15) is 6.42 Å². The first-order valence-corrected chi connectivity index (χ1v) is 9.53. The van der Waals surface area contributed by atoms with Crippen LogP contribution in [0.4, 0.5) is 11.4 Å². The molecule has 1 saturated heterocycles. The van der Waals surface area contributed by atoms with Gasteiger partial charge in [-0.2, -0.15) is 0 Å². The minimum absolute atomic E-state index is 0.131. The van der Waals surface area contributed by atoms with Crippen molar-refractivity contribution in [1.82, 2.24) is 4.98 Å². The normalized spacial score (nSPS) is 16.0. The lowest BCUT2D eigenvalue weighted by Crippen LogP contribution is -2.28. The van der Waals surface area contributed by atoms with Gasteiger partial charge >= 0.3 is 0 Å². The smallest absolute Gasteiger partial charge is 0.229 e. The fourth-order valence-electron chi connectivity index (χ4n) is 3.79. The number of nitrogens with one attached hydrogen (secondary N) is 2. The first-order chi connectivity index (χ1) is 14.5. The van der Waals surface area contributed by atoms with Gasteiger partial charge in [-0.1, -0.05) is 6.07 Å². The van der Waals surface area contributed by atoms with Gasteiger partial charge in [0.25, 0.3) is 0 Å². The Kier molecular flexibility index (Phi) is 5.22. The largest absolute Gasteiger partial charge is 0.493 e. The number of amides is 2. The van der Waals surface area contributed by atoms with E-state index in [1.54, 1.807) is 17.0 Å². The molecule has 156 valence electrons. The van der Waals surface area contributed by atoms with Gasteiger partial charge in [-0.05, 0) is 18.2 Å². The summed E-state index contributed by atoms with van der Waals surface area (Å²) < 4.78 is 16.1. The molecule has 0 spiro atoms. The highest BCUT2D eigenvalue weighted by Crippen LogP contribution is 2.42. The van der Waals surface area contributed by atoms with E-state index in [1.807, 2.05) is 30.5 Å². The van der Waals surface area contributed by atoms with E-state index in [0.717, 1.165) is 16.6 Å². The zero-order valence-corrected chi connectivity index (χ0v) is 17.0. The van der Waals surface area contributed by atoms with Crippen LogP contribution in [0, 0.1) is 5.92 Å². The number of anilines is 2. The molecule has 2 aromatic carbocycles. The van der Waals surface area contributed by atoms with Crippen molar-refractivity contribution in [3.8, 4) is 17.2 Å². The summed E-state index contributed by atoms with van der Waals surface area (Å²) in [5.41, 5.74) is 2.25. The van der Waals surface area contributed by atoms with E-state index in [2.05, 4.69) is 10.3 Å². The Hall–Kier alpha value is -3.68. The SMILES string of the molecule is COc1cc(N2CC(C(=O)Nc3cccc4[nH]ccc34)CC2=O)cc(OC)c1OC. The van der Waals surface area contributed by atoms with Crippen molar-refractivity contribution in [2.45, 2.75) is 6.42 Å². The quantitative estimate of drug-likeness (QED) is 0.652. The Balaban J connectivity index is 1.55. The van der Waals surface area contributed by atoms with Gasteiger partial charge in [-0.15, -0.1) is 0 Å². The summed E-state index contributed by atoms with van der Waals surface area (Å²) in [6.07, 6.45) is 1.96. The third kappa shape index (κ3) is 3.41. The van der Waals surface area contributed by atoms with Gasteiger partial charge in [0.15, 0.2) is 11.5 Å². The number of ether oxygens (including phenoxy) is 3. The number of H-pyrrole nitrogens is 1. The second-order valence-electron chi connectivity index (χ2n) is 7.02. The number of fused-ring (bicyclic) bond motifs is 1. The molecule has 2 heterocycles. The van der Waals surface area contributed by atoms with E-state index >= 15 is 0 Å². The number of carbonyl (C=O) groups is 2. The molecule has 2 N–H and O–H groups in total. The molecule has 0 radical (unpaired) electrons. The molecule has 1 aliphatic heterocycles. The second kappa shape index (κ2) is 7.98. The summed E-state index contributed by atoms with van der Waals surface area (Å²) in [5.74, 6) is 0.560. The van der Waals surface area contributed by atoms with E-state index < -0.39 is 5.92 Å². The number of aromatic nitrogens is 1. The van der Waals surface area contributed by atoms with E-state index in [9.17, 15) is 9.59 Å². The van der Waals surface area contributed by atoms with Crippen molar-refractivity contribution < 1.29 is 23.8 Å². The van der Waals surface area contributed by atoms with Crippen molar-refractivity contribution in [3.63, 3.8) is 0 Å². The summed E-state index contributed by atoms with van der Waals surface area (Å²) in [6.45, 7) is 0.270. The highest BCUT2D eigenvalue weighted by atomic mass is 16.5. The van der Waals surface area contributed by atoms with Crippen LogP contribution in [0.5, 0.6) is 17.2 Å². The van der Waals surface area contributed by atoms with Crippen LogP contribution in [0.25, 0.3) is 10.9 Å². The van der Waals surface area contributed by atoms with Crippen molar-refractivity contribution in [2.24, 2.45) is 5.92 Å². The monoisotopic (exact) mass is 409 g/mol. The van der Waals surface area contributed by atoms with E-state index in [0.29, 0.717) is 22.9 Å². The number of aromatic amines is 1. The third-order valence-electron chi connectivity index (χ3n) is 5.31. The Morgan fingerprint density at radius 1 is 1.10 bits per heavy atom. The molecule has 1 unspecified atom stereocenters. The summed E-state index contributed by atoms with van der Waals surface area (Å²) in [5, 5.41) is 3.89. The van der Waals surface area contributed by atoms with Crippen LogP contribution in [0.15, 0.2) is 42.6 Å². The number of methoxy groups -OCH3 is 3. The van der Waals surface area contributed by atoms with Crippen LogP contribution in [-0.2, 0) is 9.59 Å². The average molecular weight is 409 g/mol. The van der Waals surface area contributed by atoms with Gasteiger partial charge in [0, 0.05) is 42.2 Å². The summed E-state index contributed by atoms with van der Waals surface area (Å²) in [7, 11) is 4.56. The summed E-state index contributed by atoms with van der Waals surface area (Å²) in [6, 6.07) is 11.0. The van der Waals surface area contributed by atoms with E-state index in [4.69, 9.17) is 14.2 Å². The highest BCUT2D eigenvalue weighted by Gasteiger charge is 2.36. The maximum atomic E-state index is 12.9. The molecule has 0 saturated carbocycles. The second-order valence-corrected chi connectivity index (χ2v) is 7.02. The van der Waals surface area contributed by atoms with Crippen LogP contribution in [-0.4, -0.2) is 44.7 Å². The highest BCUT2D eigenvalue weighted by molar-refractivity contribution is 6.06. The Bertz CT molecular complexity index is 1080. The minimum atomic E-state index is -0.467. The Morgan fingerprint density at radius 3 is 2.50 bits per heavy atom. The molecule has 0 bridgehead atoms. The van der Waals surface area contributed by atoms with Gasteiger partial charge in [-0.3, -0.25) is 9.59 Å². The molecule has 3 aromatic rings. The van der Waals surface area contributed by atoms with Gasteiger partial charge in [-0.25, -0.2) is 0 Å². The standard InChI is InChI=1S/C22H23N3O5/c1-28-18-10-14(11-19(29-2)21(18)30-3)25-12-13(9-20(25)26)22(27)24-17-6-4-5-16-15(17)7-8-23-16/h4-8,10-11,13,23H,9,12H2,1-3H3,(H,24,27). The van der Waals surface area contributed by atoms with Crippen molar-refractivity contribution in [2.75, 3.05) is 38.1 Å². The van der Waals surface area contributed by atoms with Crippen LogP contribution in [0.2, 0.25) is 0 Å². The predicted molar refractivity (Wildman–Crippen MR) is 113 cm³/mol. The van der Waals surface area contributed by atoms with Crippen LogP contribution >= 0.6 is 0 Å². The molecule has 4 rings (SSSR count). The third-order valence-corrected chi connectivity index (χ3v) is 5.31. The number of hydrogen-bond donors (Lipinski definition) is 2. The fourth-order valence-corrected chi connectivity index (χ4v) is 3.79. The first kappa shape index (κ1) is 19.6. The fraction of sp³-hybridized carbons (Fsp3) is 0.273. The van der Waals surface area contributed by atoms with Crippen LogP contribution in [0.3, 0.4) is 0 Å². The zero-order chi connectivity index (χ0) is 21.3. The summed E-state index contributed by atoms with van der Waals surface area (Å²) in [4.78, 5) is 30.3. The predicted octanol–water partition coefficient (Wildman–Crippen LogP) is 3.19.